The average Bonchev–Trinajstić information content (AvgIpc) is 2.18. The summed E-state index contributed by atoms with van der Waals surface area (Å²) in [6.07, 6.45) is 0. The highest BCUT2D eigenvalue weighted by Gasteiger charge is 2.10. The predicted octanol–water partition coefficient (Wildman–Crippen LogP) is -0.0402. The minimum Gasteiger partial charge on any atom is -0.739 e. The van der Waals surface area contributed by atoms with Crippen molar-refractivity contribution in [3.63, 3.8) is 0 Å². The number of guanidine groups is 1. The number of nitrogens with one attached hydrogen (secondary N) is 2. The van der Waals surface area contributed by atoms with Gasteiger partial charge in [0, 0.05) is 0 Å². The number of aliphatic imine (C=N–C) groups is 1. The molecule has 0 spiro atoms. The van der Waals surface area contributed by atoms with Crippen molar-refractivity contribution < 1.29 is 0 Å². The molecular weight excluding hydrogens is 170 g/mol. The van der Waals surface area contributed by atoms with Crippen LogP contribution in [0.4, 0.5) is 11.4 Å². The number of benzene rings is 1. The normalized spacial score (nSPS) is 14.3. The van der Waals surface area contributed by atoms with Gasteiger partial charge in [0.25, 0.3) is 0 Å². The second-order valence-corrected chi connectivity index (χ2v) is 2.50. The van der Waals surface area contributed by atoms with E-state index in [1.54, 1.807) is 24.3 Å². The van der Waals surface area contributed by atoms with Gasteiger partial charge < -0.3 is 10.4 Å². The number of fused-ring (bicyclic) bond motifs is 1. The van der Waals surface area contributed by atoms with Gasteiger partial charge >= 0.3 is 0 Å². The Hall–Kier alpha value is -1.79. The van der Waals surface area contributed by atoms with Crippen LogP contribution in [0.2, 0.25) is 0 Å². The first-order valence-corrected chi connectivity index (χ1v) is 3.69. The minimum atomic E-state index is 0.230. The Bertz CT molecular complexity index is 350. The minimum absolute atomic E-state index is 0.230. The van der Waals surface area contributed by atoms with Crippen molar-refractivity contribution in [2.45, 2.75) is 0 Å². The fourth-order valence-corrected chi connectivity index (χ4v) is 1.10. The quantitative estimate of drug-likeness (QED) is 0.383. The first-order chi connectivity index (χ1) is 6.31. The van der Waals surface area contributed by atoms with E-state index in [-0.39, 0.29) is 5.96 Å². The summed E-state index contributed by atoms with van der Waals surface area (Å²) in [4.78, 5) is 4.04. The molecule has 1 aliphatic heterocycles. The van der Waals surface area contributed by atoms with Crippen molar-refractivity contribution in [3.05, 3.63) is 29.5 Å². The monoisotopic (exact) mass is 178 g/mol. The van der Waals surface area contributed by atoms with Gasteiger partial charge in [0.1, 0.15) is 0 Å². The molecule has 0 bridgehead atoms. The zero-order chi connectivity index (χ0) is 9.26. The largest absolute Gasteiger partial charge is 0.739 e. The Morgan fingerprint density at radius 2 is 2.23 bits per heavy atom. The number of nitrogens with two attached hydrogens (primary N) is 1. The maximum Gasteiger partial charge on any atom is 0.229 e. The number of rotatable bonds is 0. The summed E-state index contributed by atoms with van der Waals surface area (Å²) >= 11 is 0. The molecule has 6 nitrogen and oxygen atoms in total. The molecule has 68 valence electrons. The number of para-hydroxylation sites is 2. The average molecular weight is 178 g/mol. The summed E-state index contributed by atoms with van der Waals surface area (Å²) in [6, 6.07) is 6.97. The van der Waals surface area contributed by atoms with Gasteiger partial charge in [-0.25, -0.2) is 10.8 Å². The van der Waals surface area contributed by atoms with Gasteiger partial charge in [-0.1, -0.05) is 12.1 Å². The summed E-state index contributed by atoms with van der Waals surface area (Å²) in [7, 11) is 0. The van der Waals surface area contributed by atoms with E-state index in [0.29, 0.717) is 16.5 Å². The number of hydrazine groups is 2. The fourth-order valence-electron chi connectivity index (χ4n) is 1.10. The molecule has 0 unspecified atom stereocenters. The highest BCUT2D eigenvalue weighted by molar-refractivity contribution is 5.89. The van der Waals surface area contributed by atoms with Crippen molar-refractivity contribution in [3.8, 4) is 0 Å². The molecule has 0 amide bonds. The van der Waals surface area contributed by atoms with Crippen molar-refractivity contribution in [2.24, 2.45) is 10.8 Å². The van der Waals surface area contributed by atoms with Crippen LogP contribution in [0, 0.1) is 5.21 Å². The van der Waals surface area contributed by atoms with Crippen LogP contribution in [0.5, 0.6) is 0 Å². The molecule has 0 saturated heterocycles. The topological polar surface area (TPSA) is 88.7 Å². The van der Waals surface area contributed by atoms with Crippen molar-refractivity contribution in [2.75, 3.05) is 5.17 Å². The summed E-state index contributed by atoms with van der Waals surface area (Å²) in [5.74, 6) is 5.34. The van der Waals surface area contributed by atoms with Gasteiger partial charge in [0.05, 0.1) is 11.4 Å². The molecule has 1 aromatic rings. The lowest BCUT2D eigenvalue weighted by Gasteiger charge is -2.35. The van der Waals surface area contributed by atoms with E-state index < -0.39 is 0 Å². The fraction of sp³-hybridized carbons (Fsp3) is 0. The van der Waals surface area contributed by atoms with Gasteiger partial charge in [0.2, 0.25) is 5.96 Å². The van der Waals surface area contributed by atoms with E-state index in [2.05, 4.69) is 15.8 Å². The molecule has 0 aromatic heterocycles. The molecule has 0 fully saturated rings. The molecule has 1 aromatic carbocycles. The molecule has 6 heteroatoms. The molecule has 0 atom stereocenters. The smallest absolute Gasteiger partial charge is 0.229 e. The molecule has 2 rings (SSSR count). The van der Waals surface area contributed by atoms with Gasteiger partial charge in [-0.05, 0) is 12.1 Å². The second kappa shape index (κ2) is 2.92. The van der Waals surface area contributed by atoms with E-state index >= 15 is 0 Å². The van der Waals surface area contributed by atoms with E-state index in [0.717, 1.165) is 0 Å². The maximum absolute atomic E-state index is 11.3. The summed E-state index contributed by atoms with van der Waals surface area (Å²) in [6.45, 7) is 0. The van der Waals surface area contributed by atoms with Crippen molar-refractivity contribution in [1.82, 2.24) is 10.9 Å². The molecule has 4 N–H and O–H groups in total. The summed E-state index contributed by atoms with van der Waals surface area (Å²) in [5.41, 5.74) is 5.75. The SMILES string of the molecule is NNC1=Nc2ccccc2N([O-])N1. The molecule has 1 aliphatic rings. The number of hydrogen-bond donors (Lipinski definition) is 3. The molecular formula is C7H8N5O-. The maximum atomic E-state index is 11.3. The van der Waals surface area contributed by atoms with Crippen LogP contribution in [0.25, 0.3) is 0 Å². The second-order valence-electron chi connectivity index (χ2n) is 2.50. The predicted molar refractivity (Wildman–Crippen MR) is 49.8 cm³/mol. The van der Waals surface area contributed by atoms with Crippen LogP contribution in [0.1, 0.15) is 0 Å². The van der Waals surface area contributed by atoms with Gasteiger partial charge in [0.15, 0.2) is 0 Å². The Kier molecular flexibility index (Phi) is 1.76. The van der Waals surface area contributed by atoms with Crippen molar-refractivity contribution in [1.29, 1.82) is 0 Å². The van der Waals surface area contributed by atoms with E-state index in [4.69, 9.17) is 5.84 Å². The zero-order valence-corrected chi connectivity index (χ0v) is 6.69. The van der Waals surface area contributed by atoms with Crippen LogP contribution in [0.15, 0.2) is 29.3 Å². The third-order valence-corrected chi connectivity index (χ3v) is 1.68. The van der Waals surface area contributed by atoms with Gasteiger partial charge in [-0.3, -0.25) is 10.9 Å². The number of nitrogens with zero attached hydrogens (tertiary/aromatic N) is 2. The van der Waals surface area contributed by atoms with Gasteiger partial charge in [-0.15, -0.1) is 0 Å². The third-order valence-electron chi connectivity index (χ3n) is 1.68. The van der Waals surface area contributed by atoms with Crippen LogP contribution in [0.3, 0.4) is 0 Å². The number of anilines is 1. The Balaban J connectivity index is 2.46. The number of hydrogen-bond acceptors (Lipinski definition) is 6. The van der Waals surface area contributed by atoms with Crippen LogP contribution in [-0.2, 0) is 0 Å². The van der Waals surface area contributed by atoms with Crippen LogP contribution in [-0.4, -0.2) is 5.96 Å². The third kappa shape index (κ3) is 1.28. The van der Waals surface area contributed by atoms with Crippen LogP contribution >= 0.6 is 0 Å². The van der Waals surface area contributed by atoms with Crippen molar-refractivity contribution >= 4 is 17.3 Å². The highest BCUT2D eigenvalue weighted by atomic mass is 16.5. The highest BCUT2D eigenvalue weighted by Crippen LogP contribution is 2.28. The van der Waals surface area contributed by atoms with Crippen LogP contribution < -0.4 is 21.9 Å². The first kappa shape index (κ1) is 7.84. The molecule has 13 heavy (non-hydrogen) atoms. The Morgan fingerprint density at radius 1 is 1.46 bits per heavy atom. The summed E-state index contributed by atoms with van der Waals surface area (Å²) in [5, 5.41) is 11.9. The lowest BCUT2D eigenvalue weighted by atomic mass is 10.2. The van der Waals surface area contributed by atoms with E-state index in [1.165, 1.54) is 0 Å². The molecule has 0 saturated carbocycles. The Labute approximate surface area is 74.6 Å². The lowest BCUT2D eigenvalue weighted by Crippen LogP contribution is -2.49. The lowest BCUT2D eigenvalue weighted by molar-refractivity contribution is 0.838. The van der Waals surface area contributed by atoms with E-state index in [1.807, 2.05) is 0 Å². The van der Waals surface area contributed by atoms with E-state index in [9.17, 15) is 5.21 Å². The zero-order valence-electron chi connectivity index (χ0n) is 6.69. The molecule has 0 radical (unpaired) electrons. The Morgan fingerprint density at radius 3 is 3.00 bits per heavy atom. The standard InChI is InChI=1S/C7H8N5O/c8-10-7-9-5-3-1-2-4-6(5)12(13)11-7/h1-4H,8H2,(H2,9,10,11)/q-1. The van der Waals surface area contributed by atoms with Gasteiger partial charge in [-0.2, -0.15) is 0 Å². The molecule has 0 aliphatic carbocycles. The molecule has 1 heterocycles. The summed E-state index contributed by atoms with van der Waals surface area (Å²) < 4.78 is 0. The first-order valence-electron chi connectivity index (χ1n) is 3.69.